The number of nitrogens with one attached hydrogen (secondary N) is 1. The molecule has 3 atom stereocenters. The third-order valence-corrected chi connectivity index (χ3v) is 11.4. The number of allylic oxidation sites excluding steroid dienone is 12. The van der Waals surface area contributed by atoms with E-state index in [4.69, 9.17) is 13.8 Å². The van der Waals surface area contributed by atoms with Crippen LogP contribution in [-0.2, 0) is 32.7 Å². The van der Waals surface area contributed by atoms with Gasteiger partial charge in [-0.25, -0.2) is 9.36 Å². The Labute approximate surface area is 389 Å². The number of hydrogen-bond acceptors (Lipinski definition) is 8. The average molecular weight is 920 g/mol. The van der Waals surface area contributed by atoms with Crippen molar-refractivity contribution in [1.82, 2.24) is 5.32 Å². The number of phosphoric acid groups is 1. The van der Waals surface area contributed by atoms with Gasteiger partial charge in [0, 0.05) is 12.8 Å². The third-order valence-electron chi connectivity index (χ3n) is 10.5. The number of rotatable bonds is 46. The Hall–Kier alpha value is -3.08. The summed E-state index contributed by atoms with van der Waals surface area (Å²) in [6.07, 6.45) is 56.4. The highest BCUT2D eigenvalue weighted by Gasteiger charge is 2.28. The number of amides is 1. The molecular formula is C52H90NO10P. The van der Waals surface area contributed by atoms with Crippen LogP contribution in [0.1, 0.15) is 206 Å². The molecule has 12 heteroatoms. The minimum Gasteiger partial charge on any atom is -0.480 e. The van der Waals surface area contributed by atoms with E-state index >= 15 is 0 Å². The number of phosphoric ester groups is 1. The number of aliphatic hydroxyl groups excluding tert-OH is 1. The fourth-order valence-electron chi connectivity index (χ4n) is 6.63. The lowest BCUT2D eigenvalue weighted by molar-refractivity contribution is -0.147. The molecule has 64 heavy (non-hydrogen) atoms. The number of esters is 1. The van der Waals surface area contributed by atoms with Crippen molar-refractivity contribution in [1.29, 1.82) is 0 Å². The van der Waals surface area contributed by atoms with E-state index in [1.807, 2.05) is 0 Å². The van der Waals surface area contributed by atoms with Crippen molar-refractivity contribution in [2.75, 3.05) is 19.8 Å². The van der Waals surface area contributed by atoms with Crippen LogP contribution in [0.3, 0.4) is 0 Å². The number of unbranched alkanes of at least 4 members (excludes halogenated alkanes) is 20. The summed E-state index contributed by atoms with van der Waals surface area (Å²) in [5, 5.41) is 21.9. The predicted octanol–water partition coefficient (Wildman–Crippen LogP) is 13.7. The van der Waals surface area contributed by atoms with Gasteiger partial charge < -0.3 is 25.2 Å². The molecule has 0 spiro atoms. The lowest BCUT2D eigenvalue weighted by Gasteiger charge is -2.18. The zero-order valence-corrected chi connectivity index (χ0v) is 41.0. The van der Waals surface area contributed by atoms with Gasteiger partial charge in [-0.2, -0.15) is 0 Å². The van der Waals surface area contributed by atoms with E-state index in [1.54, 1.807) is 0 Å². The highest BCUT2D eigenvalue weighted by molar-refractivity contribution is 7.47. The standard InChI is InChI=1S/C52H90NO10P/c1-3-5-7-9-11-13-15-17-19-21-23-24-26-28-30-32-34-36-38-40-42-44-51(56)61-45-48(54)46-62-64(59,60)63-47-49(52(57)58)53-50(55)43-41-39-37-35-33-31-29-27-25-22-20-18-16-14-12-10-8-6-4-2/h6,8,12,14,17-20,25,27,31,33,48-49,54H,3-5,7,9-11,13,15-16,21-24,26,28-30,32,34-47H2,1-2H3,(H,53,55)(H,57,58)(H,59,60)/b8-6-,14-12-,19-17+,20-18-,27-25-,33-31-. The van der Waals surface area contributed by atoms with Gasteiger partial charge in [-0.3, -0.25) is 18.6 Å². The van der Waals surface area contributed by atoms with Crippen molar-refractivity contribution >= 4 is 25.7 Å². The summed E-state index contributed by atoms with van der Waals surface area (Å²) in [6, 6.07) is -1.57. The van der Waals surface area contributed by atoms with Crippen LogP contribution in [0.2, 0.25) is 0 Å². The fourth-order valence-corrected chi connectivity index (χ4v) is 7.40. The van der Waals surface area contributed by atoms with Crippen molar-refractivity contribution in [3.63, 3.8) is 0 Å². The van der Waals surface area contributed by atoms with Crippen molar-refractivity contribution in [2.45, 2.75) is 219 Å². The third kappa shape index (κ3) is 45.5. The normalized spacial score (nSPS) is 14.2. The Balaban J connectivity index is 3.89. The van der Waals surface area contributed by atoms with Crippen molar-refractivity contribution in [2.24, 2.45) is 0 Å². The number of aliphatic carboxylic acids is 1. The molecular weight excluding hydrogens is 830 g/mol. The Kier molecular flexibility index (Phi) is 44.2. The SMILES string of the molecule is CC/C=C\C/C=C\C/C=C\C/C=C\C/C=C\CCCCCC(=O)NC(COP(=O)(O)OCC(O)COC(=O)CCCCCCCCCCCCC/C=C/CCCCCCCC)C(=O)O. The topological polar surface area (TPSA) is 169 Å². The maximum absolute atomic E-state index is 12.3. The maximum atomic E-state index is 12.3. The molecule has 0 rings (SSSR count). The second kappa shape index (κ2) is 46.4. The van der Waals surface area contributed by atoms with Gasteiger partial charge in [0.2, 0.25) is 5.91 Å². The van der Waals surface area contributed by atoms with Crippen LogP contribution in [0, 0.1) is 0 Å². The zero-order chi connectivity index (χ0) is 47.0. The molecule has 0 aromatic rings. The van der Waals surface area contributed by atoms with Gasteiger partial charge in [0.1, 0.15) is 12.7 Å². The minimum atomic E-state index is -4.77. The Morgan fingerprint density at radius 2 is 0.906 bits per heavy atom. The molecule has 0 bridgehead atoms. The number of hydrogen-bond donors (Lipinski definition) is 4. The van der Waals surface area contributed by atoms with Gasteiger partial charge in [0.15, 0.2) is 6.04 Å². The first-order valence-corrected chi connectivity index (χ1v) is 26.5. The highest BCUT2D eigenvalue weighted by Crippen LogP contribution is 2.43. The van der Waals surface area contributed by atoms with Crippen LogP contribution in [0.25, 0.3) is 0 Å². The summed E-state index contributed by atoms with van der Waals surface area (Å²) in [6.45, 7) is 2.47. The van der Waals surface area contributed by atoms with E-state index in [2.05, 4.69) is 92.1 Å². The van der Waals surface area contributed by atoms with E-state index in [9.17, 15) is 34.1 Å². The van der Waals surface area contributed by atoms with Gasteiger partial charge in [0.25, 0.3) is 0 Å². The van der Waals surface area contributed by atoms with Crippen LogP contribution < -0.4 is 5.32 Å². The van der Waals surface area contributed by atoms with Crippen molar-refractivity contribution < 1.29 is 47.8 Å². The number of aliphatic hydroxyl groups is 1. The van der Waals surface area contributed by atoms with Gasteiger partial charge >= 0.3 is 19.8 Å². The summed E-state index contributed by atoms with van der Waals surface area (Å²) in [4.78, 5) is 46.1. The Morgan fingerprint density at radius 3 is 1.39 bits per heavy atom. The first-order valence-electron chi connectivity index (χ1n) is 25.0. The minimum absolute atomic E-state index is 0.103. The molecule has 11 nitrogen and oxygen atoms in total. The summed E-state index contributed by atoms with van der Waals surface area (Å²) in [5.41, 5.74) is 0. The van der Waals surface area contributed by atoms with Crippen molar-refractivity contribution in [3.05, 3.63) is 72.9 Å². The molecule has 3 unspecified atom stereocenters. The largest absolute Gasteiger partial charge is 0.480 e. The number of carbonyl (C=O) groups excluding carboxylic acids is 2. The molecule has 4 N–H and O–H groups in total. The summed E-state index contributed by atoms with van der Waals surface area (Å²) >= 11 is 0. The zero-order valence-electron chi connectivity index (χ0n) is 40.1. The van der Waals surface area contributed by atoms with E-state index in [1.165, 1.54) is 96.3 Å². The first-order chi connectivity index (χ1) is 31.1. The van der Waals surface area contributed by atoms with Crippen LogP contribution in [-0.4, -0.2) is 64.9 Å². The molecule has 0 radical (unpaired) electrons. The maximum Gasteiger partial charge on any atom is 0.472 e. The monoisotopic (exact) mass is 920 g/mol. The second-order valence-corrected chi connectivity index (χ2v) is 18.1. The number of carboxylic acids is 1. The van der Waals surface area contributed by atoms with Gasteiger partial charge in [-0.05, 0) is 83.5 Å². The lowest BCUT2D eigenvalue weighted by atomic mass is 10.0. The van der Waals surface area contributed by atoms with Crippen molar-refractivity contribution in [3.8, 4) is 0 Å². The van der Waals surface area contributed by atoms with Crippen LogP contribution in [0.5, 0.6) is 0 Å². The van der Waals surface area contributed by atoms with Crippen LogP contribution in [0.4, 0.5) is 0 Å². The summed E-state index contributed by atoms with van der Waals surface area (Å²) < 4.78 is 26.9. The van der Waals surface area contributed by atoms with Gasteiger partial charge in [0.05, 0.1) is 13.2 Å². The Morgan fingerprint density at radius 1 is 0.516 bits per heavy atom. The summed E-state index contributed by atoms with van der Waals surface area (Å²) in [5.74, 6) is -2.42. The molecule has 0 aliphatic rings. The molecule has 0 saturated heterocycles. The lowest BCUT2D eigenvalue weighted by Crippen LogP contribution is -2.43. The van der Waals surface area contributed by atoms with Crippen LogP contribution in [0.15, 0.2) is 72.9 Å². The fraction of sp³-hybridized carbons (Fsp3) is 0.712. The highest BCUT2D eigenvalue weighted by atomic mass is 31.2. The molecule has 0 aliphatic heterocycles. The number of carboxylic acid groups (broad SMARTS) is 1. The van der Waals surface area contributed by atoms with E-state index in [0.717, 1.165) is 70.6 Å². The quantitative estimate of drug-likeness (QED) is 0.0200. The molecule has 0 fully saturated rings. The molecule has 0 saturated carbocycles. The molecule has 1 amide bonds. The van der Waals surface area contributed by atoms with E-state index in [-0.39, 0.29) is 12.8 Å². The van der Waals surface area contributed by atoms with Gasteiger partial charge in [-0.1, -0.05) is 183 Å². The molecule has 0 aliphatic carbocycles. The smallest absolute Gasteiger partial charge is 0.472 e. The number of ether oxygens (including phenoxy) is 1. The van der Waals surface area contributed by atoms with Crippen LogP contribution >= 0.6 is 7.82 Å². The summed E-state index contributed by atoms with van der Waals surface area (Å²) in [7, 11) is -4.77. The second-order valence-electron chi connectivity index (χ2n) is 16.6. The Bertz CT molecular complexity index is 1360. The predicted molar refractivity (Wildman–Crippen MR) is 263 cm³/mol. The van der Waals surface area contributed by atoms with E-state index < -0.39 is 57.6 Å². The average Bonchev–Trinajstić information content (AvgIpc) is 3.27. The molecule has 0 heterocycles. The molecule has 368 valence electrons. The molecule has 0 aromatic carbocycles. The molecule has 0 aromatic heterocycles. The van der Waals surface area contributed by atoms with E-state index in [0.29, 0.717) is 12.8 Å². The first kappa shape index (κ1) is 60.9. The number of carbonyl (C=O) groups is 3. The van der Waals surface area contributed by atoms with Gasteiger partial charge in [-0.15, -0.1) is 0 Å².